The zero-order valence-corrected chi connectivity index (χ0v) is 11.3. The van der Waals surface area contributed by atoms with Crippen LogP contribution in [0.2, 0.25) is 0 Å². The van der Waals surface area contributed by atoms with Gasteiger partial charge in [-0.15, -0.1) is 0 Å². The molecule has 1 heterocycles. The number of rotatable bonds is 4. The minimum atomic E-state index is -3.70. The van der Waals surface area contributed by atoms with Crippen molar-refractivity contribution in [3.8, 4) is 0 Å². The lowest BCUT2D eigenvalue weighted by molar-refractivity contribution is 0.0415. The molecular weight excluding hydrogens is 285 g/mol. The van der Waals surface area contributed by atoms with Crippen LogP contribution in [0.4, 0.5) is 4.39 Å². The van der Waals surface area contributed by atoms with Gasteiger partial charge in [-0.05, 0) is 30.5 Å². The fourth-order valence-corrected chi connectivity index (χ4v) is 3.76. The third kappa shape index (κ3) is 1.98. The maximum absolute atomic E-state index is 14.1. The molecule has 1 aromatic rings. The highest BCUT2D eigenvalue weighted by Crippen LogP contribution is 2.49. The second kappa shape index (κ2) is 4.48. The first-order valence-electron chi connectivity index (χ1n) is 6.20. The van der Waals surface area contributed by atoms with Crippen molar-refractivity contribution >= 4 is 15.9 Å². The molecule has 5 nitrogen and oxygen atoms in total. The van der Waals surface area contributed by atoms with Gasteiger partial charge in [0.2, 0.25) is 6.08 Å². The number of isocyanates is 1. The molecule has 20 heavy (non-hydrogen) atoms. The summed E-state index contributed by atoms with van der Waals surface area (Å²) in [4.78, 5) is 13.8. The molecule has 2 aliphatic rings. The maximum Gasteiger partial charge on any atom is 0.235 e. The summed E-state index contributed by atoms with van der Waals surface area (Å²) in [5, 5.41) is -0.675. The Bertz CT molecular complexity index is 701. The molecule has 0 spiro atoms. The van der Waals surface area contributed by atoms with E-state index in [1.165, 1.54) is 18.2 Å². The molecule has 1 aliphatic heterocycles. The van der Waals surface area contributed by atoms with Crippen molar-refractivity contribution in [1.29, 1.82) is 0 Å². The molecule has 1 saturated heterocycles. The smallest absolute Gasteiger partial charge is 0.235 e. The molecule has 0 N–H and O–H groups in total. The minimum Gasteiger partial charge on any atom is -0.379 e. The number of halogens is 1. The average Bonchev–Trinajstić information content (AvgIpc) is 3.07. The number of sulfone groups is 1. The normalized spacial score (nSPS) is 20.9. The molecule has 0 aromatic heterocycles. The molecule has 1 saturated carbocycles. The third-order valence-corrected chi connectivity index (χ3v) is 5.90. The van der Waals surface area contributed by atoms with Crippen LogP contribution in [-0.4, -0.2) is 33.0 Å². The molecule has 0 bridgehead atoms. The summed E-state index contributed by atoms with van der Waals surface area (Å²) in [5.41, 5.74) is -0.188. The first-order chi connectivity index (χ1) is 9.49. The Balaban J connectivity index is 1.98. The van der Waals surface area contributed by atoms with Gasteiger partial charge in [0.15, 0.2) is 9.84 Å². The molecule has 1 aromatic carbocycles. The number of ether oxygens (including phenoxy) is 1. The van der Waals surface area contributed by atoms with E-state index in [0.29, 0.717) is 18.4 Å². The first-order valence-corrected chi connectivity index (χ1v) is 7.75. The quantitative estimate of drug-likeness (QED) is 0.620. The van der Waals surface area contributed by atoms with Gasteiger partial charge in [0.25, 0.3) is 0 Å². The number of carbonyl (C=O) groups excluding carboxylic acids is 1. The second-order valence-corrected chi connectivity index (χ2v) is 7.28. The minimum absolute atomic E-state index is 0.100. The van der Waals surface area contributed by atoms with Crippen LogP contribution in [0.5, 0.6) is 0 Å². The van der Waals surface area contributed by atoms with Gasteiger partial charge in [0.1, 0.15) is 16.0 Å². The van der Waals surface area contributed by atoms with E-state index < -0.39 is 26.4 Å². The highest BCUT2D eigenvalue weighted by Gasteiger charge is 2.45. The number of hydrogen-bond acceptors (Lipinski definition) is 5. The van der Waals surface area contributed by atoms with Gasteiger partial charge >= 0.3 is 0 Å². The van der Waals surface area contributed by atoms with Gasteiger partial charge in [-0.3, -0.25) is 0 Å². The Morgan fingerprint density at radius 2 is 2.05 bits per heavy atom. The summed E-state index contributed by atoms with van der Waals surface area (Å²) in [6, 6.07) is 3.92. The molecule has 106 valence electrons. The van der Waals surface area contributed by atoms with Crippen LogP contribution >= 0.6 is 0 Å². The average molecular weight is 297 g/mol. The SMILES string of the molecule is O=C=NC1(c2ccc(S(=O)(=O)C3COC3)c(F)c2)CC1. The Morgan fingerprint density at radius 3 is 2.50 bits per heavy atom. The van der Waals surface area contributed by atoms with Crippen molar-refractivity contribution in [3.63, 3.8) is 0 Å². The zero-order valence-electron chi connectivity index (χ0n) is 10.5. The number of hydrogen-bond donors (Lipinski definition) is 0. The molecular formula is C13H12FNO4S. The number of aliphatic imine (C=N–C) groups is 1. The lowest BCUT2D eigenvalue weighted by Gasteiger charge is -2.26. The van der Waals surface area contributed by atoms with Crippen LogP contribution in [-0.2, 0) is 24.9 Å². The molecule has 0 radical (unpaired) electrons. The van der Waals surface area contributed by atoms with E-state index in [-0.39, 0.29) is 18.1 Å². The standard InChI is InChI=1S/C13H12FNO4S/c14-11-5-9(13(3-4-13)15-8-16)1-2-12(11)20(17,18)10-6-19-7-10/h1-2,5,10H,3-4,6-7H2. The van der Waals surface area contributed by atoms with Crippen LogP contribution in [0.3, 0.4) is 0 Å². The fourth-order valence-electron chi connectivity index (χ4n) is 2.26. The maximum atomic E-state index is 14.1. The van der Waals surface area contributed by atoms with Crippen LogP contribution in [0.1, 0.15) is 18.4 Å². The Labute approximate surface area is 115 Å². The summed E-state index contributed by atoms with van der Waals surface area (Å²) < 4.78 is 43.2. The lowest BCUT2D eigenvalue weighted by Crippen LogP contribution is -2.41. The van der Waals surface area contributed by atoms with Crippen molar-refractivity contribution < 1.29 is 22.3 Å². The second-order valence-electron chi connectivity index (χ2n) is 5.08. The lowest BCUT2D eigenvalue weighted by atomic mass is 10.1. The van der Waals surface area contributed by atoms with E-state index in [1.807, 2.05) is 0 Å². The largest absolute Gasteiger partial charge is 0.379 e. The summed E-state index contributed by atoms with van der Waals surface area (Å²) in [6.45, 7) is 0.200. The zero-order chi connectivity index (χ0) is 14.4. The molecule has 2 fully saturated rings. The molecule has 1 aliphatic carbocycles. The first kappa shape index (κ1) is 13.4. The van der Waals surface area contributed by atoms with Gasteiger partial charge in [-0.2, -0.15) is 4.99 Å². The summed E-state index contributed by atoms with van der Waals surface area (Å²) >= 11 is 0. The monoisotopic (exact) mass is 297 g/mol. The summed E-state index contributed by atoms with van der Waals surface area (Å²) in [7, 11) is -3.70. The Kier molecular flexibility index (Phi) is 3.01. The van der Waals surface area contributed by atoms with Crippen molar-refractivity contribution in [2.75, 3.05) is 13.2 Å². The molecule has 0 atom stereocenters. The van der Waals surface area contributed by atoms with Crippen LogP contribution < -0.4 is 0 Å². The Morgan fingerprint density at radius 1 is 1.35 bits per heavy atom. The highest BCUT2D eigenvalue weighted by molar-refractivity contribution is 7.92. The van der Waals surface area contributed by atoms with E-state index in [1.54, 1.807) is 0 Å². The molecule has 0 amide bonds. The molecule has 0 unspecified atom stereocenters. The van der Waals surface area contributed by atoms with E-state index in [0.717, 1.165) is 6.07 Å². The van der Waals surface area contributed by atoms with E-state index >= 15 is 0 Å². The topological polar surface area (TPSA) is 72.8 Å². The van der Waals surface area contributed by atoms with Gasteiger partial charge < -0.3 is 4.74 Å². The summed E-state index contributed by atoms with van der Waals surface area (Å²) in [6.07, 6.45) is 2.77. The van der Waals surface area contributed by atoms with Crippen molar-refractivity contribution in [2.24, 2.45) is 4.99 Å². The number of nitrogens with zero attached hydrogens (tertiary/aromatic N) is 1. The van der Waals surface area contributed by atoms with E-state index in [2.05, 4.69) is 4.99 Å². The third-order valence-electron chi connectivity index (χ3n) is 3.81. The van der Waals surface area contributed by atoms with Gasteiger partial charge in [-0.1, -0.05) is 6.07 Å². The molecule has 3 rings (SSSR count). The highest BCUT2D eigenvalue weighted by atomic mass is 32.2. The van der Waals surface area contributed by atoms with Gasteiger partial charge in [0.05, 0.1) is 18.8 Å². The van der Waals surface area contributed by atoms with Gasteiger partial charge in [0, 0.05) is 0 Å². The number of benzene rings is 1. The van der Waals surface area contributed by atoms with Crippen LogP contribution in [0, 0.1) is 5.82 Å². The van der Waals surface area contributed by atoms with E-state index in [9.17, 15) is 17.6 Å². The van der Waals surface area contributed by atoms with Crippen LogP contribution in [0.25, 0.3) is 0 Å². The van der Waals surface area contributed by atoms with Crippen LogP contribution in [0.15, 0.2) is 28.1 Å². The van der Waals surface area contributed by atoms with E-state index in [4.69, 9.17) is 4.74 Å². The summed E-state index contributed by atoms with van der Waals surface area (Å²) in [5.74, 6) is -0.804. The fraction of sp³-hybridized carbons (Fsp3) is 0.462. The van der Waals surface area contributed by atoms with Crippen molar-refractivity contribution in [1.82, 2.24) is 0 Å². The Hall–Kier alpha value is -1.56. The van der Waals surface area contributed by atoms with Crippen molar-refractivity contribution in [3.05, 3.63) is 29.6 Å². The predicted octanol–water partition coefficient (Wildman–Crippen LogP) is 1.32. The van der Waals surface area contributed by atoms with Crippen molar-refractivity contribution in [2.45, 2.75) is 28.5 Å². The molecule has 7 heteroatoms. The predicted molar refractivity (Wildman–Crippen MR) is 67.2 cm³/mol. The van der Waals surface area contributed by atoms with Gasteiger partial charge in [-0.25, -0.2) is 17.6 Å².